The Kier molecular flexibility index (Phi) is 5.95. The molecule has 5 nitrogen and oxygen atoms in total. The van der Waals surface area contributed by atoms with Gasteiger partial charge in [-0.25, -0.2) is 4.98 Å². The van der Waals surface area contributed by atoms with E-state index in [-0.39, 0.29) is 22.3 Å². The molecule has 0 saturated heterocycles. The molecule has 1 aromatic rings. The fraction of sp³-hybridized carbons (Fsp3) is 0.500. The van der Waals surface area contributed by atoms with Crippen molar-refractivity contribution in [1.29, 1.82) is 0 Å². The summed E-state index contributed by atoms with van der Waals surface area (Å²) in [5.41, 5.74) is 5.34. The second kappa shape index (κ2) is 7.24. The van der Waals surface area contributed by atoms with Gasteiger partial charge in [-0.15, -0.1) is 0 Å². The van der Waals surface area contributed by atoms with Crippen molar-refractivity contribution < 1.29 is 9.59 Å². The van der Waals surface area contributed by atoms with Gasteiger partial charge in [0.05, 0.1) is 10.6 Å². The Morgan fingerprint density at radius 1 is 1.45 bits per heavy atom. The average molecular weight is 298 g/mol. The summed E-state index contributed by atoms with van der Waals surface area (Å²) in [5.74, 6) is 0.264. The van der Waals surface area contributed by atoms with Gasteiger partial charge in [-0.05, 0) is 17.9 Å². The van der Waals surface area contributed by atoms with Gasteiger partial charge in [0.2, 0.25) is 11.8 Å². The number of primary amides is 1. The first-order valence-electron chi connectivity index (χ1n) is 6.60. The maximum atomic E-state index is 12.0. The second-order valence-corrected chi connectivity index (χ2v) is 5.49. The minimum Gasteiger partial charge on any atom is -0.366 e. The van der Waals surface area contributed by atoms with Gasteiger partial charge in [-0.1, -0.05) is 38.8 Å². The van der Waals surface area contributed by atoms with Crippen molar-refractivity contribution in [2.24, 2.45) is 17.6 Å². The smallest absolute Gasteiger partial charge is 0.250 e. The van der Waals surface area contributed by atoms with Crippen molar-refractivity contribution in [2.75, 3.05) is 5.32 Å². The Labute approximate surface area is 123 Å². The predicted octanol–water partition coefficient (Wildman–Crippen LogP) is 2.84. The number of nitrogens with one attached hydrogen (secondary N) is 1. The molecule has 1 aromatic heterocycles. The van der Waals surface area contributed by atoms with Crippen LogP contribution in [0.2, 0.25) is 5.02 Å². The number of carbonyl (C=O) groups excluding carboxylic acids is 2. The average Bonchev–Trinajstić information content (AvgIpc) is 2.37. The minimum atomic E-state index is -0.608. The molecule has 1 rings (SSSR count). The summed E-state index contributed by atoms with van der Waals surface area (Å²) in [7, 11) is 0. The third-order valence-electron chi connectivity index (χ3n) is 3.30. The first-order chi connectivity index (χ1) is 9.35. The Hall–Kier alpha value is -1.62. The van der Waals surface area contributed by atoms with Crippen LogP contribution in [0, 0.1) is 11.8 Å². The number of aromatic nitrogens is 1. The van der Waals surface area contributed by atoms with Crippen molar-refractivity contribution in [3.05, 3.63) is 22.8 Å². The molecule has 0 bridgehead atoms. The predicted molar refractivity (Wildman–Crippen MR) is 79.6 cm³/mol. The van der Waals surface area contributed by atoms with Gasteiger partial charge in [-0.3, -0.25) is 9.59 Å². The van der Waals surface area contributed by atoms with Gasteiger partial charge in [-0.2, -0.15) is 0 Å². The molecule has 2 amide bonds. The lowest BCUT2D eigenvalue weighted by molar-refractivity contribution is -0.117. The van der Waals surface area contributed by atoms with E-state index in [0.29, 0.717) is 18.3 Å². The highest BCUT2D eigenvalue weighted by Crippen LogP contribution is 2.23. The van der Waals surface area contributed by atoms with Gasteiger partial charge >= 0.3 is 0 Å². The molecule has 0 spiro atoms. The molecule has 0 saturated carbocycles. The molecule has 110 valence electrons. The fourth-order valence-electron chi connectivity index (χ4n) is 1.94. The van der Waals surface area contributed by atoms with E-state index >= 15 is 0 Å². The minimum absolute atomic E-state index is 0.133. The zero-order chi connectivity index (χ0) is 15.3. The Morgan fingerprint density at radius 3 is 2.55 bits per heavy atom. The van der Waals surface area contributed by atoms with Crippen molar-refractivity contribution >= 4 is 29.2 Å². The summed E-state index contributed by atoms with van der Waals surface area (Å²) in [6, 6.07) is 1.40. The molecule has 3 N–H and O–H groups in total. The largest absolute Gasteiger partial charge is 0.366 e. The molecule has 1 heterocycles. The van der Waals surface area contributed by atoms with Gasteiger partial charge < -0.3 is 11.1 Å². The van der Waals surface area contributed by atoms with Crippen LogP contribution >= 0.6 is 11.6 Å². The number of nitrogens with zero attached hydrogens (tertiary/aromatic N) is 1. The Bertz CT molecular complexity index is 503. The number of carbonyl (C=O) groups is 2. The summed E-state index contributed by atoms with van der Waals surface area (Å²) >= 11 is 5.97. The lowest BCUT2D eigenvalue weighted by atomic mass is 9.90. The highest BCUT2D eigenvalue weighted by Gasteiger charge is 2.17. The topological polar surface area (TPSA) is 85.1 Å². The molecule has 0 aromatic carbocycles. The number of anilines is 1. The van der Waals surface area contributed by atoms with Crippen molar-refractivity contribution in [3.63, 3.8) is 0 Å². The van der Waals surface area contributed by atoms with E-state index in [2.05, 4.69) is 31.1 Å². The molecule has 6 heteroatoms. The molecule has 0 fully saturated rings. The molecule has 1 atom stereocenters. The maximum Gasteiger partial charge on any atom is 0.250 e. The normalized spacial score (nSPS) is 12.2. The van der Waals surface area contributed by atoms with Crippen LogP contribution < -0.4 is 11.1 Å². The van der Waals surface area contributed by atoms with Crippen LogP contribution in [0.4, 0.5) is 5.82 Å². The van der Waals surface area contributed by atoms with E-state index in [1.54, 1.807) is 0 Å². The number of pyridine rings is 1. The van der Waals surface area contributed by atoms with Crippen LogP contribution in [-0.4, -0.2) is 16.8 Å². The Balaban J connectivity index is 2.73. The molecule has 20 heavy (non-hydrogen) atoms. The lowest BCUT2D eigenvalue weighted by Crippen LogP contribution is -2.20. The van der Waals surface area contributed by atoms with E-state index in [0.717, 1.165) is 6.42 Å². The quantitative estimate of drug-likeness (QED) is 0.846. The van der Waals surface area contributed by atoms with Gasteiger partial charge in [0.1, 0.15) is 0 Å². The maximum absolute atomic E-state index is 12.0. The molecule has 0 aliphatic rings. The summed E-state index contributed by atoms with van der Waals surface area (Å²) in [6.07, 6.45) is 2.65. The standard InChI is InChI=1S/C14H20ClN3O2/c1-4-9(8(2)3)6-12(19)18-14-11(15)5-10(7-17-14)13(16)20/h5,7-9H,4,6H2,1-3H3,(H2,16,20)(H,17,18,19). The fourth-order valence-corrected chi connectivity index (χ4v) is 2.15. The molecule has 0 aliphatic heterocycles. The second-order valence-electron chi connectivity index (χ2n) is 5.08. The third-order valence-corrected chi connectivity index (χ3v) is 3.59. The van der Waals surface area contributed by atoms with Crippen molar-refractivity contribution in [3.8, 4) is 0 Å². The number of halogens is 1. The van der Waals surface area contributed by atoms with Crippen LogP contribution in [0.25, 0.3) is 0 Å². The molecular formula is C14H20ClN3O2. The highest BCUT2D eigenvalue weighted by molar-refractivity contribution is 6.33. The van der Waals surface area contributed by atoms with Gasteiger partial charge in [0.25, 0.3) is 0 Å². The first kappa shape index (κ1) is 16.4. The number of rotatable bonds is 6. The van der Waals surface area contributed by atoms with Crippen LogP contribution in [0.3, 0.4) is 0 Å². The first-order valence-corrected chi connectivity index (χ1v) is 6.98. The molecule has 1 unspecified atom stereocenters. The molecule has 0 radical (unpaired) electrons. The monoisotopic (exact) mass is 297 g/mol. The van der Waals surface area contributed by atoms with Crippen molar-refractivity contribution in [2.45, 2.75) is 33.6 Å². The van der Waals surface area contributed by atoms with E-state index in [4.69, 9.17) is 17.3 Å². The van der Waals surface area contributed by atoms with Gasteiger partial charge in [0, 0.05) is 12.6 Å². The molecule has 0 aliphatic carbocycles. The zero-order valence-electron chi connectivity index (χ0n) is 11.9. The lowest BCUT2D eigenvalue weighted by Gasteiger charge is -2.18. The van der Waals surface area contributed by atoms with E-state index in [1.165, 1.54) is 12.3 Å². The number of nitrogens with two attached hydrogens (primary N) is 1. The number of amides is 2. The summed E-state index contributed by atoms with van der Waals surface area (Å²) in [6.45, 7) is 6.24. The summed E-state index contributed by atoms with van der Waals surface area (Å²) in [4.78, 5) is 26.9. The van der Waals surface area contributed by atoms with Crippen LogP contribution in [0.1, 0.15) is 44.0 Å². The van der Waals surface area contributed by atoms with Crippen LogP contribution in [0.15, 0.2) is 12.3 Å². The number of hydrogen-bond acceptors (Lipinski definition) is 3. The van der Waals surface area contributed by atoms with E-state index in [1.807, 2.05) is 0 Å². The summed E-state index contributed by atoms with van der Waals surface area (Å²) in [5, 5.41) is 2.86. The van der Waals surface area contributed by atoms with Crippen LogP contribution in [-0.2, 0) is 4.79 Å². The SMILES string of the molecule is CCC(CC(=O)Nc1ncc(C(N)=O)cc1Cl)C(C)C. The number of hydrogen-bond donors (Lipinski definition) is 2. The van der Waals surface area contributed by atoms with Crippen LogP contribution in [0.5, 0.6) is 0 Å². The van der Waals surface area contributed by atoms with Gasteiger partial charge in [0.15, 0.2) is 5.82 Å². The van der Waals surface area contributed by atoms with Crippen molar-refractivity contribution in [1.82, 2.24) is 4.98 Å². The summed E-state index contributed by atoms with van der Waals surface area (Å²) < 4.78 is 0. The third kappa shape index (κ3) is 4.49. The molecular weight excluding hydrogens is 278 g/mol. The zero-order valence-corrected chi connectivity index (χ0v) is 12.7. The highest BCUT2D eigenvalue weighted by atomic mass is 35.5. The van der Waals surface area contributed by atoms with E-state index < -0.39 is 5.91 Å². The Morgan fingerprint density at radius 2 is 2.10 bits per heavy atom. The van der Waals surface area contributed by atoms with E-state index in [9.17, 15) is 9.59 Å².